The first kappa shape index (κ1) is 91.7. The Hall–Kier alpha value is -2.51. The summed E-state index contributed by atoms with van der Waals surface area (Å²) in [5, 5.41) is 121. The van der Waals surface area contributed by atoms with E-state index in [1.807, 2.05) is 0 Å². The first-order valence-electron chi connectivity index (χ1n) is 40.5. The third-order valence-electron chi connectivity index (χ3n) is 20.1. The van der Waals surface area contributed by atoms with Crippen molar-refractivity contribution in [1.29, 1.82) is 0 Å². The number of carbonyl (C=O) groups is 1. The molecule has 3 aliphatic rings. The molecule has 0 aromatic carbocycles. The summed E-state index contributed by atoms with van der Waals surface area (Å²) >= 11 is 0. The zero-order valence-electron chi connectivity index (χ0n) is 62.4. The lowest BCUT2D eigenvalue weighted by molar-refractivity contribution is -0.379. The van der Waals surface area contributed by atoms with Crippen LogP contribution in [0.2, 0.25) is 0 Å². The Labute approximate surface area is 605 Å². The van der Waals surface area contributed by atoms with Crippen LogP contribution in [0.15, 0.2) is 60.8 Å². The van der Waals surface area contributed by atoms with Crippen molar-refractivity contribution in [3.63, 3.8) is 0 Å². The van der Waals surface area contributed by atoms with Gasteiger partial charge in [0.2, 0.25) is 5.91 Å². The van der Waals surface area contributed by atoms with Crippen LogP contribution < -0.4 is 5.32 Å². The number of amides is 1. The molecular weight excluding hydrogens is 1270 g/mol. The van der Waals surface area contributed by atoms with Crippen molar-refractivity contribution in [1.82, 2.24) is 5.32 Å². The number of nitrogens with one attached hydrogen (secondary N) is 1. The van der Waals surface area contributed by atoms with Crippen LogP contribution in [-0.2, 0) is 33.2 Å². The number of aliphatic hydroxyl groups is 11. The van der Waals surface area contributed by atoms with Gasteiger partial charge < -0.3 is 89.9 Å². The summed E-state index contributed by atoms with van der Waals surface area (Å²) in [7, 11) is 0. The molecule has 3 aliphatic heterocycles. The molecule has 3 saturated heterocycles. The van der Waals surface area contributed by atoms with E-state index in [0.29, 0.717) is 12.8 Å². The van der Waals surface area contributed by atoms with Crippen molar-refractivity contribution in [2.75, 3.05) is 26.4 Å². The number of hydrogen-bond acceptors (Lipinski definition) is 18. The molecule has 0 aromatic rings. The second kappa shape index (κ2) is 61.6. The summed E-state index contributed by atoms with van der Waals surface area (Å²) in [5.74, 6) is -0.244. The minimum Gasteiger partial charge on any atom is -0.394 e. The van der Waals surface area contributed by atoms with Gasteiger partial charge in [-0.1, -0.05) is 312 Å². The lowest BCUT2D eigenvalue weighted by Crippen LogP contribution is -2.66. The van der Waals surface area contributed by atoms with Gasteiger partial charge in [-0.3, -0.25) is 4.79 Å². The highest BCUT2D eigenvalue weighted by Gasteiger charge is 2.54. The number of allylic oxidation sites excluding steroid dienone is 10. The Kier molecular flexibility index (Phi) is 56.5. The number of hydrogen-bond donors (Lipinski definition) is 12. The smallest absolute Gasteiger partial charge is 0.220 e. The van der Waals surface area contributed by atoms with Crippen molar-refractivity contribution >= 4 is 5.91 Å². The van der Waals surface area contributed by atoms with E-state index < -0.39 is 124 Å². The van der Waals surface area contributed by atoms with Crippen LogP contribution >= 0.6 is 0 Å². The van der Waals surface area contributed by atoms with Crippen LogP contribution in [0, 0.1) is 0 Å². The highest BCUT2D eigenvalue weighted by atomic mass is 16.8. The zero-order valence-corrected chi connectivity index (χ0v) is 62.4. The molecule has 0 aromatic heterocycles. The second-order valence-electron chi connectivity index (χ2n) is 28.9. The van der Waals surface area contributed by atoms with Crippen LogP contribution in [0.1, 0.15) is 316 Å². The Bertz CT molecular complexity index is 2040. The van der Waals surface area contributed by atoms with Gasteiger partial charge in [0.05, 0.1) is 38.6 Å². The van der Waals surface area contributed by atoms with Gasteiger partial charge in [-0.05, 0) is 57.8 Å². The minimum atomic E-state index is -1.98. The van der Waals surface area contributed by atoms with Crippen LogP contribution in [0.5, 0.6) is 0 Å². The van der Waals surface area contributed by atoms with Crippen LogP contribution in [0.4, 0.5) is 0 Å². The third kappa shape index (κ3) is 41.4. The fourth-order valence-electron chi connectivity index (χ4n) is 13.6. The molecule has 19 nitrogen and oxygen atoms in total. The molecule has 0 saturated carbocycles. The van der Waals surface area contributed by atoms with Gasteiger partial charge in [-0.2, -0.15) is 0 Å². The maximum Gasteiger partial charge on any atom is 0.220 e. The maximum absolute atomic E-state index is 13.5. The van der Waals surface area contributed by atoms with Crippen molar-refractivity contribution in [2.45, 2.75) is 420 Å². The van der Waals surface area contributed by atoms with E-state index in [2.05, 4.69) is 79.9 Å². The lowest BCUT2D eigenvalue weighted by atomic mass is 9.96. The van der Waals surface area contributed by atoms with E-state index in [9.17, 15) is 61.0 Å². The number of carbonyl (C=O) groups excluding carboxylic acids is 1. The average Bonchev–Trinajstić information content (AvgIpc) is 0.783. The predicted molar refractivity (Wildman–Crippen MR) is 397 cm³/mol. The van der Waals surface area contributed by atoms with E-state index in [1.54, 1.807) is 0 Å². The fraction of sp³-hybridized carbons (Fsp3) is 0.864. The van der Waals surface area contributed by atoms with Crippen molar-refractivity contribution < 1.29 is 89.4 Å². The summed E-state index contributed by atoms with van der Waals surface area (Å²) in [6.07, 6.45) is 51.6. The molecule has 3 rings (SSSR count). The zero-order chi connectivity index (χ0) is 72.5. The Morgan fingerprint density at radius 2 is 0.690 bits per heavy atom. The Morgan fingerprint density at radius 3 is 1.08 bits per heavy atom. The topological polar surface area (TPSA) is 307 Å². The highest BCUT2D eigenvalue weighted by molar-refractivity contribution is 5.76. The van der Waals surface area contributed by atoms with Gasteiger partial charge in [0.25, 0.3) is 0 Å². The molecule has 3 fully saturated rings. The van der Waals surface area contributed by atoms with E-state index in [1.165, 1.54) is 199 Å². The molecule has 584 valence electrons. The van der Waals surface area contributed by atoms with E-state index in [0.717, 1.165) is 83.5 Å². The van der Waals surface area contributed by atoms with Gasteiger partial charge in [0, 0.05) is 6.42 Å². The molecule has 0 bridgehead atoms. The monoisotopic (exact) mass is 1420 g/mol. The summed E-state index contributed by atoms with van der Waals surface area (Å²) in [6, 6.07) is -0.894. The largest absolute Gasteiger partial charge is 0.394 e. The molecule has 100 heavy (non-hydrogen) atoms. The fourth-order valence-corrected chi connectivity index (χ4v) is 13.6. The van der Waals surface area contributed by atoms with E-state index in [4.69, 9.17) is 28.4 Å². The molecule has 17 unspecified atom stereocenters. The summed E-state index contributed by atoms with van der Waals surface area (Å²) in [6.45, 7) is 1.73. The molecule has 0 radical (unpaired) electrons. The van der Waals surface area contributed by atoms with Crippen LogP contribution in [-0.4, -0.2) is 193 Å². The van der Waals surface area contributed by atoms with Gasteiger partial charge in [0.1, 0.15) is 73.2 Å². The lowest BCUT2D eigenvalue weighted by Gasteiger charge is -2.48. The average molecular weight is 1420 g/mol. The van der Waals surface area contributed by atoms with Crippen LogP contribution in [0.3, 0.4) is 0 Å². The predicted octanol–water partition coefficient (Wildman–Crippen LogP) is 13.5. The third-order valence-corrected chi connectivity index (χ3v) is 20.1. The summed E-state index contributed by atoms with van der Waals surface area (Å²) in [4.78, 5) is 13.5. The first-order chi connectivity index (χ1) is 48.8. The molecule has 0 spiro atoms. The SMILES string of the molecule is CC/C=C\C/C=C\C/C=C\C/C=C\C/C=C\CCCCCCCCCCCCCC(=O)NC(COC1OC(CO)C(OC2OC(CO)C(OC3OC(CO)C(O)C(O)C3O)C(O)C2O)C(O)C1O)C(O)CCCCCCCCCCCCCCCCCCCCCCCCCCCCCC. The molecule has 3 heterocycles. The molecule has 1 amide bonds. The molecular formula is C81H147NO18. The van der Waals surface area contributed by atoms with Crippen molar-refractivity contribution in [2.24, 2.45) is 0 Å². The standard InChI is InChI=1S/C81H147NO18/c1-3-5-7-9-11-13-15-17-19-21-23-25-27-29-31-33-34-36-38-40-42-44-46-48-50-52-54-56-58-65(86)64(82-69(87)59-57-55-53-51-49-47-45-43-41-39-37-35-32-30-28-26-24-22-20-18-16-14-12-10-8-6-4-2)63-95-79-75(93)72(90)77(67(61-84)97-79)100-81-76(94)73(91)78(68(62-85)98-81)99-80-74(92)71(89)70(88)66(60-83)96-80/h6,8,12,14,18,20,24,26,30,32,64-68,70-81,83-86,88-94H,3-5,7,9-11,13,15-17,19,21-23,25,27-29,31,33-63H2,1-2H3,(H,82,87)/b8-6-,14-12-,20-18-,26-24-,32-30-. The summed E-state index contributed by atoms with van der Waals surface area (Å²) < 4.78 is 34.5. The van der Waals surface area contributed by atoms with Crippen molar-refractivity contribution in [3.8, 4) is 0 Å². The Morgan fingerprint density at radius 1 is 0.370 bits per heavy atom. The quantitative estimate of drug-likeness (QED) is 0.0199. The normalized spacial score (nSPS) is 26.8. The van der Waals surface area contributed by atoms with Gasteiger partial charge >= 0.3 is 0 Å². The molecule has 17 atom stereocenters. The highest BCUT2D eigenvalue weighted by Crippen LogP contribution is 2.33. The first-order valence-corrected chi connectivity index (χ1v) is 40.5. The Balaban J connectivity index is 1.37. The maximum atomic E-state index is 13.5. The molecule has 19 heteroatoms. The number of unbranched alkanes of at least 4 members (excludes halogenated alkanes) is 38. The molecule has 12 N–H and O–H groups in total. The summed E-state index contributed by atoms with van der Waals surface area (Å²) in [5.41, 5.74) is 0. The van der Waals surface area contributed by atoms with E-state index in [-0.39, 0.29) is 18.9 Å². The van der Waals surface area contributed by atoms with Crippen molar-refractivity contribution in [3.05, 3.63) is 60.8 Å². The van der Waals surface area contributed by atoms with Gasteiger partial charge in [-0.25, -0.2) is 0 Å². The number of rotatable bonds is 64. The van der Waals surface area contributed by atoms with Gasteiger partial charge in [0.15, 0.2) is 18.9 Å². The van der Waals surface area contributed by atoms with Gasteiger partial charge in [-0.15, -0.1) is 0 Å². The van der Waals surface area contributed by atoms with E-state index >= 15 is 0 Å². The number of ether oxygens (including phenoxy) is 6. The van der Waals surface area contributed by atoms with Crippen LogP contribution in [0.25, 0.3) is 0 Å². The number of aliphatic hydroxyl groups excluding tert-OH is 11. The minimum absolute atomic E-state index is 0.244. The second-order valence-corrected chi connectivity index (χ2v) is 28.9. The molecule has 0 aliphatic carbocycles.